The number of aromatic nitrogens is 2. The molecule has 2 aromatic rings. The van der Waals surface area contributed by atoms with Crippen molar-refractivity contribution in [1.82, 2.24) is 9.78 Å². The number of hydrogen-bond acceptors (Lipinski definition) is 2. The standard InChI is InChI=1S/C16H13Cl2FN2O/c1-2-7-22-15-9-14(12(19)8-11(15)17)21-16(18)10-5-3-4-6-13(10)20-21/h8-9H,3-6H2,1H3. The maximum absolute atomic E-state index is 14.3. The summed E-state index contributed by atoms with van der Waals surface area (Å²) in [7, 11) is 0. The van der Waals surface area contributed by atoms with Gasteiger partial charge in [-0.05, 0) is 31.7 Å². The van der Waals surface area contributed by atoms with Gasteiger partial charge in [0.05, 0.1) is 10.7 Å². The molecule has 22 heavy (non-hydrogen) atoms. The Balaban J connectivity index is 2.11. The Kier molecular flexibility index (Phi) is 4.28. The Bertz CT molecular complexity index is 790. The molecular formula is C16H13Cl2FN2O. The molecule has 6 heteroatoms. The summed E-state index contributed by atoms with van der Waals surface area (Å²) in [4.78, 5) is 0. The van der Waals surface area contributed by atoms with E-state index in [1.807, 2.05) is 0 Å². The second-order valence-electron chi connectivity index (χ2n) is 5.02. The van der Waals surface area contributed by atoms with Gasteiger partial charge < -0.3 is 4.74 Å². The van der Waals surface area contributed by atoms with Crippen molar-refractivity contribution in [2.45, 2.75) is 32.6 Å². The van der Waals surface area contributed by atoms with Gasteiger partial charge in [0.25, 0.3) is 0 Å². The zero-order chi connectivity index (χ0) is 15.7. The van der Waals surface area contributed by atoms with E-state index in [1.165, 1.54) is 16.8 Å². The lowest BCUT2D eigenvalue weighted by molar-refractivity contribution is 0.514. The summed E-state index contributed by atoms with van der Waals surface area (Å²) in [6.07, 6.45) is 6.32. The molecule has 0 fully saturated rings. The normalized spacial score (nSPS) is 13.3. The van der Waals surface area contributed by atoms with E-state index in [0.29, 0.717) is 5.15 Å². The number of hydrogen-bond donors (Lipinski definition) is 0. The van der Waals surface area contributed by atoms with Gasteiger partial charge >= 0.3 is 0 Å². The second kappa shape index (κ2) is 6.20. The van der Waals surface area contributed by atoms with Crippen molar-refractivity contribution < 1.29 is 9.13 Å². The third-order valence-corrected chi connectivity index (χ3v) is 4.27. The molecule has 0 N–H and O–H groups in total. The first-order chi connectivity index (χ1) is 10.6. The minimum Gasteiger partial charge on any atom is -0.406 e. The lowest BCUT2D eigenvalue weighted by Crippen LogP contribution is -2.02. The Hall–Kier alpha value is -1.70. The number of nitrogens with zero attached hydrogens (tertiary/aromatic N) is 2. The van der Waals surface area contributed by atoms with Crippen LogP contribution in [-0.4, -0.2) is 9.78 Å². The second-order valence-corrected chi connectivity index (χ2v) is 5.79. The van der Waals surface area contributed by atoms with Crippen molar-refractivity contribution in [1.29, 1.82) is 0 Å². The largest absolute Gasteiger partial charge is 0.406 e. The molecule has 114 valence electrons. The van der Waals surface area contributed by atoms with Crippen molar-refractivity contribution >= 4 is 23.2 Å². The highest BCUT2D eigenvalue weighted by molar-refractivity contribution is 6.32. The van der Waals surface area contributed by atoms with E-state index in [1.54, 1.807) is 6.92 Å². The first kappa shape index (κ1) is 15.2. The predicted molar refractivity (Wildman–Crippen MR) is 84.3 cm³/mol. The van der Waals surface area contributed by atoms with Gasteiger partial charge in [0.2, 0.25) is 0 Å². The number of ether oxygens (including phenoxy) is 1. The van der Waals surface area contributed by atoms with Crippen molar-refractivity contribution in [2.75, 3.05) is 0 Å². The summed E-state index contributed by atoms with van der Waals surface area (Å²) < 4.78 is 20.9. The van der Waals surface area contributed by atoms with Crippen LogP contribution in [0.15, 0.2) is 12.1 Å². The lowest BCUT2D eigenvalue weighted by Gasteiger charge is -2.09. The minimum absolute atomic E-state index is 0.150. The van der Waals surface area contributed by atoms with Crippen LogP contribution < -0.4 is 4.74 Å². The van der Waals surface area contributed by atoms with E-state index < -0.39 is 5.82 Å². The highest BCUT2D eigenvalue weighted by atomic mass is 35.5. The number of fused-ring (bicyclic) bond motifs is 1. The highest BCUT2D eigenvalue weighted by Gasteiger charge is 2.22. The zero-order valence-corrected chi connectivity index (χ0v) is 13.4. The minimum atomic E-state index is -0.511. The van der Waals surface area contributed by atoms with Crippen molar-refractivity contribution in [2.24, 2.45) is 0 Å². The summed E-state index contributed by atoms with van der Waals surface area (Å²) in [5.41, 5.74) is 2.14. The van der Waals surface area contributed by atoms with Crippen LogP contribution in [0.2, 0.25) is 10.2 Å². The monoisotopic (exact) mass is 338 g/mol. The number of aryl methyl sites for hydroxylation is 1. The summed E-state index contributed by atoms with van der Waals surface area (Å²) in [5.74, 6) is 2.36. The van der Waals surface area contributed by atoms with Crippen LogP contribution in [0.1, 0.15) is 31.0 Å². The van der Waals surface area contributed by atoms with Crippen molar-refractivity contribution in [3.8, 4) is 23.5 Å². The predicted octanol–water partition coefficient (Wildman–Crippen LogP) is 4.56. The first-order valence-electron chi connectivity index (χ1n) is 6.96. The molecule has 1 aliphatic carbocycles. The van der Waals surface area contributed by atoms with Gasteiger partial charge in [-0.25, -0.2) is 9.07 Å². The Morgan fingerprint density at radius 1 is 1.27 bits per heavy atom. The van der Waals surface area contributed by atoms with E-state index >= 15 is 0 Å². The van der Waals surface area contributed by atoms with Gasteiger partial charge in [-0.2, -0.15) is 5.10 Å². The Morgan fingerprint density at radius 3 is 2.77 bits per heavy atom. The third-order valence-electron chi connectivity index (χ3n) is 3.59. The molecular weight excluding hydrogens is 326 g/mol. The molecule has 1 heterocycles. The first-order valence-corrected chi connectivity index (χ1v) is 7.71. The van der Waals surface area contributed by atoms with Gasteiger partial charge in [-0.3, -0.25) is 0 Å². The fourth-order valence-electron chi connectivity index (χ4n) is 2.54. The van der Waals surface area contributed by atoms with Crippen LogP contribution in [0.5, 0.6) is 5.75 Å². The van der Waals surface area contributed by atoms with E-state index in [0.717, 1.165) is 36.9 Å². The number of benzene rings is 1. The van der Waals surface area contributed by atoms with Crippen LogP contribution in [0.25, 0.3) is 5.69 Å². The average molecular weight is 339 g/mol. The van der Waals surface area contributed by atoms with Crippen molar-refractivity contribution in [3.63, 3.8) is 0 Å². The quantitative estimate of drug-likeness (QED) is 0.750. The Labute approximate surface area is 138 Å². The van der Waals surface area contributed by atoms with Gasteiger partial charge in [0, 0.05) is 18.6 Å². The molecule has 3 rings (SSSR count). The van der Waals surface area contributed by atoms with E-state index in [-0.39, 0.29) is 16.5 Å². The third kappa shape index (κ3) is 2.67. The molecule has 0 amide bonds. The molecule has 0 saturated heterocycles. The molecule has 1 aromatic heterocycles. The van der Waals surface area contributed by atoms with Gasteiger partial charge in [0.15, 0.2) is 11.6 Å². The summed E-state index contributed by atoms with van der Waals surface area (Å²) in [6, 6.07) is 2.65. The molecule has 0 bridgehead atoms. The van der Waals surface area contributed by atoms with Gasteiger partial charge in [0.1, 0.15) is 16.9 Å². The van der Waals surface area contributed by atoms with E-state index in [9.17, 15) is 4.39 Å². The molecule has 0 saturated carbocycles. The number of rotatable bonds is 2. The van der Waals surface area contributed by atoms with Crippen LogP contribution >= 0.6 is 23.2 Å². The summed E-state index contributed by atoms with van der Waals surface area (Å²) >= 11 is 12.3. The molecule has 3 nitrogen and oxygen atoms in total. The lowest BCUT2D eigenvalue weighted by atomic mass is 9.99. The van der Waals surface area contributed by atoms with Crippen LogP contribution in [-0.2, 0) is 12.8 Å². The Morgan fingerprint density at radius 2 is 2.05 bits per heavy atom. The maximum Gasteiger partial charge on any atom is 0.161 e. The molecule has 0 unspecified atom stereocenters. The van der Waals surface area contributed by atoms with Crippen LogP contribution in [0.3, 0.4) is 0 Å². The van der Waals surface area contributed by atoms with Gasteiger partial charge in [-0.1, -0.05) is 29.1 Å². The summed E-state index contributed by atoms with van der Waals surface area (Å²) in [5, 5.41) is 5.04. The SMILES string of the molecule is CC#COc1cc(-n2nc3c(c2Cl)CCCC3)c(F)cc1Cl. The maximum atomic E-state index is 14.3. The molecule has 1 aliphatic rings. The molecule has 0 radical (unpaired) electrons. The van der Waals surface area contributed by atoms with Crippen molar-refractivity contribution in [3.05, 3.63) is 39.4 Å². The smallest absolute Gasteiger partial charge is 0.161 e. The van der Waals surface area contributed by atoms with Gasteiger partial charge in [-0.15, -0.1) is 0 Å². The molecule has 1 aromatic carbocycles. The topological polar surface area (TPSA) is 27.1 Å². The fourth-order valence-corrected chi connectivity index (χ4v) is 3.06. The van der Waals surface area contributed by atoms with E-state index in [2.05, 4.69) is 17.1 Å². The number of halogens is 3. The van der Waals surface area contributed by atoms with Crippen LogP contribution in [0, 0.1) is 17.8 Å². The van der Waals surface area contributed by atoms with E-state index in [4.69, 9.17) is 27.9 Å². The fraction of sp³-hybridized carbons (Fsp3) is 0.312. The summed E-state index contributed by atoms with van der Waals surface area (Å²) in [6.45, 7) is 1.64. The molecule has 0 aliphatic heterocycles. The van der Waals surface area contributed by atoms with Crippen LogP contribution in [0.4, 0.5) is 4.39 Å². The highest BCUT2D eigenvalue weighted by Crippen LogP contribution is 2.34. The average Bonchev–Trinajstić information content (AvgIpc) is 2.84. The molecule has 0 atom stereocenters. The molecule has 0 spiro atoms. The zero-order valence-electron chi connectivity index (χ0n) is 11.9.